The highest BCUT2D eigenvalue weighted by atomic mass is 79.9. The van der Waals surface area contributed by atoms with E-state index in [4.69, 9.17) is 0 Å². The van der Waals surface area contributed by atoms with Gasteiger partial charge in [0.05, 0.1) is 5.69 Å². The lowest BCUT2D eigenvalue weighted by Crippen LogP contribution is -2.19. The van der Waals surface area contributed by atoms with Crippen molar-refractivity contribution in [1.82, 2.24) is 0 Å². The van der Waals surface area contributed by atoms with Crippen LogP contribution in [0.2, 0.25) is 0 Å². The zero-order valence-corrected chi connectivity index (χ0v) is 14.1. The van der Waals surface area contributed by atoms with Crippen molar-refractivity contribution in [2.24, 2.45) is 11.3 Å². The summed E-state index contributed by atoms with van der Waals surface area (Å²) in [6.45, 7) is 10.8. The number of benzene rings is 1. The number of nitrogens with one attached hydrogen (secondary N) is 1. The Balaban J connectivity index is 2.58. The average molecular weight is 326 g/mol. The van der Waals surface area contributed by atoms with Crippen LogP contribution in [-0.4, -0.2) is 5.91 Å². The van der Waals surface area contributed by atoms with Crippen LogP contribution in [0.1, 0.15) is 46.1 Å². The molecule has 1 atom stereocenters. The van der Waals surface area contributed by atoms with Gasteiger partial charge in [-0.3, -0.25) is 4.79 Å². The second kappa shape index (κ2) is 6.56. The molecule has 0 radical (unpaired) electrons. The second-order valence-electron chi connectivity index (χ2n) is 6.61. The van der Waals surface area contributed by atoms with E-state index in [0.717, 1.165) is 22.1 Å². The van der Waals surface area contributed by atoms with E-state index in [-0.39, 0.29) is 11.3 Å². The molecule has 0 fully saturated rings. The van der Waals surface area contributed by atoms with E-state index in [1.54, 1.807) is 0 Å². The number of amides is 1. The summed E-state index contributed by atoms with van der Waals surface area (Å²) in [5, 5.41) is 2.98. The van der Waals surface area contributed by atoms with Crippen molar-refractivity contribution >= 4 is 27.5 Å². The maximum Gasteiger partial charge on any atom is 0.224 e. The average Bonchev–Trinajstić information content (AvgIpc) is 2.20. The van der Waals surface area contributed by atoms with Crippen molar-refractivity contribution < 1.29 is 4.79 Å². The molecular formula is C16H24BrNO. The summed E-state index contributed by atoms with van der Waals surface area (Å²) in [7, 11) is 0. The summed E-state index contributed by atoms with van der Waals surface area (Å²) in [6, 6.07) is 5.96. The molecule has 1 N–H and O–H groups in total. The van der Waals surface area contributed by atoms with E-state index in [1.165, 1.54) is 0 Å². The second-order valence-corrected chi connectivity index (χ2v) is 7.46. The molecule has 0 aliphatic heterocycles. The molecule has 1 amide bonds. The van der Waals surface area contributed by atoms with Gasteiger partial charge in [0, 0.05) is 10.9 Å². The molecule has 0 aliphatic rings. The van der Waals surface area contributed by atoms with Crippen molar-refractivity contribution in [2.45, 2.75) is 47.5 Å². The van der Waals surface area contributed by atoms with Crippen LogP contribution in [-0.2, 0) is 4.79 Å². The third-order valence-corrected chi connectivity index (χ3v) is 3.58. The molecule has 19 heavy (non-hydrogen) atoms. The fraction of sp³-hybridized carbons (Fsp3) is 0.562. The van der Waals surface area contributed by atoms with Crippen LogP contribution in [0.4, 0.5) is 5.69 Å². The fourth-order valence-electron chi connectivity index (χ4n) is 2.37. The van der Waals surface area contributed by atoms with Crippen LogP contribution in [0.25, 0.3) is 0 Å². The van der Waals surface area contributed by atoms with Crippen LogP contribution in [0.5, 0.6) is 0 Å². The molecule has 0 heterocycles. The van der Waals surface area contributed by atoms with Gasteiger partial charge in [0.1, 0.15) is 0 Å². The van der Waals surface area contributed by atoms with E-state index >= 15 is 0 Å². The molecule has 1 aromatic rings. The van der Waals surface area contributed by atoms with Gasteiger partial charge in [-0.2, -0.15) is 0 Å². The van der Waals surface area contributed by atoms with Crippen molar-refractivity contribution in [3.8, 4) is 0 Å². The molecule has 0 saturated carbocycles. The van der Waals surface area contributed by atoms with Gasteiger partial charge in [0.25, 0.3) is 0 Å². The summed E-state index contributed by atoms with van der Waals surface area (Å²) in [6.07, 6.45) is 1.62. The first-order chi connectivity index (χ1) is 8.67. The number of hydrogen-bond acceptors (Lipinski definition) is 1. The van der Waals surface area contributed by atoms with Crippen LogP contribution in [0.15, 0.2) is 22.7 Å². The fourth-order valence-corrected chi connectivity index (χ4v) is 2.72. The molecule has 0 aromatic heterocycles. The summed E-state index contributed by atoms with van der Waals surface area (Å²) in [5.41, 5.74) is 2.26. The zero-order chi connectivity index (χ0) is 14.6. The normalized spacial score (nSPS) is 13.2. The SMILES string of the molecule is Cc1ccc(Br)c(NC(=O)CC(C)CC(C)(C)C)c1. The maximum absolute atomic E-state index is 12.0. The highest BCUT2D eigenvalue weighted by Gasteiger charge is 2.18. The standard InChI is InChI=1S/C16H24BrNO/c1-11-6-7-13(17)14(8-11)18-15(19)9-12(2)10-16(3,4)5/h6-8,12H,9-10H2,1-5H3,(H,18,19). The summed E-state index contributed by atoms with van der Waals surface area (Å²) in [5.74, 6) is 0.478. The third-order valence-electron chi connectivity index (χ3n) is 2.89. The summed E-state index contributed by atoms with van der Waals surface area (Å²) in [4.78, 5) is 12.0. The molecule has 106 valence electrons. The summed E-state index contributed by atoms with van der Waals surface area (Å²) >= 11 is 3.46. The number of carbonyl (C=O) groups is 1. The van der Waals surface area contributed by atoms with Crippen LogP contribution in [0.3, 0.4) is 0 Å². The van der Waals surface area contributed by atoms with Gasteiger partial charge in [-0.05, 0) is 58.3 Å². The Morgan fingerprint density at radius 3 is 2.58 bits per heavy atom. The molecule has 0 saturated heterocycles. The molecule has 0 bridgehead atoms. The van der Waals surface area contributed by atoms with E-state index in [1.807, 2.05) is 25.1 Å². The highest BCUT2D eigenvalue weighted by molar-refractivity contribution is 9.10. The maximum atomic E-state index is 12.0. The molecular weight excluding hydrogens is 302 g/mol. The smallest absolute Gasteiger partial charge is 0.224 e. The van der Waals surface area contributed by atoms with Crippen LogP contribution >= 0.6 is 15.9 Å². The highest BCUT2D eigenvalue weighted by Crippen LogP contribution is 2.27. The van der Waals surface area contributed by atoms with Gasteiger partial charge in [0.2, 0.25) is 5.91 Å². The number of aryl methyl sites for hydroxylation is 1. The van der Waals surface area contributed by atoms with E-state index < -0.39 is 0 Å². The summed E-state index contributed by atoms with van der Waals surface area (Å²) < 4.78 is 0.926. The molecule has 2 nitrogen and oxygen atoms in total. The Labute approximate surface area is 125 Å². The predicted octanol–water partition coefficient (Wildman–Crippen LogP) is 5.16. The number of halogens is 1. The van der Waals surface area contributed by atoms with Crippen molar-refractivity contribution in [3.63, 3.8) is 0 Å². The van der Waals surface area contributed by atoms with Gasteiger partial charge in [-0.15, -0.1) is 0 Å². The first kappa shape index (κ1) is 16.2. The monoisotopic (exact) mass is 325 g/mol. The number of hydrogen-bond donors (Lipinski definition) is 1. The third kappa shape index (κ3) is 6.24. The molecule has 1 rings (SSSR count). The molecule has 1 unspecified atom stereocenters. The Hall–Kier alpha value is -0.830. The number of carbonyl (C=O) groups excluding carboxylic acids is 1. The first-order valence-electron chi connectivity index (χ1n) is 6.73. The number of anilines is 1. The molecule has 1 aromatic carbocycles. The molecule has 0 aliphatic carbocycles. The van der Waals surface area contributed by atoms with Gasteiger partial charge < -0.3 is 5.32 Å². The van der Waals surface area contributed by atoms with Crippen molar-refractivity contribution in [1.29, 1.82) is 0 Å². The van der Waals surface area contributed by atoms with E-state index in [0.29, 0.717) is 12.3 Å². The predicted molar refractivity (Wildman–Crippen MR) is 85.4 cm³/mol. The first-order valence-corrected chi connectivity index (χ1v) is 7.53. The minimum atomic E-state index is 0.0862. The van der Waals surface area contributed by atoms with E-state index in [2.05, 4.69) is 48.9 Å². The van der Waals surface area contributed by atoms with Crippen LogP contribution in [0, 0.1) is 18.3 Å². The van der Waals surface area contributed by atoms with E-state index in [9.17, 15) is 4.79 Å². The quantitative estimate of drug-likeness (QED) is 0.814. The Bertz CT molecular complexity index is 449. The minimum Gasteiger partial charge on any atom is -0.325 e. The minimum absolute atomic E-state index is 0.0862. The zero-order valence-electron chi connectivity index (χ0n) is 12.5. The lowest BCUT2D eigenvalue weighted by molar-refractivity contribution is -0.117. The Morgan fingerprint density at radius 1 is 1.37 bits per heavy atom. The molecule has 3 heteroatoms. The Morgan fingerprint density at radius 2 is 2.00 bits per heavy atom. The van der Waals surface area contributed by atoms with Gasteiger partial charge in [-0.25, -0.2) is 0 Å². The molecule has 0 spiro atoms. The Kier molecular flexibility index (Phi) is 5.60. The van der Waals surface area contributed by atoms with Gasteiger partial charge in [0.15, 0.2) is 0 Å². The van der Waals surface area contributed by atoms with Gasteiger partial charge in [-0.1, -0.05) is 33.8 Å². The lowest BCUT2D eigenvalue weighted by atomic mass is 9.84. The number of rotatable bonds is 4. The lowest BCUT2D eigenvalue weighted by Gasteiger charge is -2.22. The van der Waals surface area contributed by atoms with Crippen LogP contribution < -0.4 is 5.32 Å². The van der Waals surface area contributed by atoms with Gasteiger partial charge >= 0.3 is 0 Å². The largest absolute Gasteiger partial charge is 0.325 e. The van der Waals surface area contributed by atoms with Crippen molar-refractivity contribution in [2.75, 3.05) is 5.32 Å². The topological polar surface area (TPSA) is 29.1 Å². The van der Waals surface area contributed by atoms with Crippen molar-refractivity contribution in [3.05, 3.63) is 28.2 Å².